The van der Waals surface area contributed by atoms with Crippen LogP contribution in [0.1, 0.15) is 45.4 Å². The van der Waals surface area contributed by atoms with Crippen LogP contribution in [0.5, 0.6) is 5.75 Å². The standard InChI is InChI=1S/C23H30FN9O/c1-14-29-30-31-33(14)18-8-15(10-19(11-18)34-4)27-22-25-13-20(24)21(28-22)26-16-9-17-6-5-7-32(17)23(2,3)12-16/h8,10-11,13,16-17H,5-7,9,12H2,1-4H3,(H2,25,26,27,28)/t16-,17+/m1/s1. The number of aryl methyl sites for hydroxylation is 1. The van der Waals surface area contributed by atoms with E-state index in [0.717, 1.165) is 25.1 Å². The Bertz CT molecular complexity index is 1180. The molecule has 5 rings (SSSR count). The van der Waals surface area contributed by atoms with Gasteiger partial charge < -0.3 is 15.4 Å². The Labute approximate surface area is 197 Å². The summed E-state index contributed by atoms with van der Waals surface area (Å²) in [4.78, 5) is 11.2. The van der Waals surface area contributed by atoms with Crippen LogP contribution in [-0.4, -0.2) is 66.4 Å². The highest BCUT2D eigenvalue weighted by Gasteiger charge is 2.43. The molecule has 180 valence electrons. The Kier molecular flexibility index (Phi) is 5.80. The first-order valence-electron chi connectivity index (χ1n) is 11.6. The number of nitrogens with one attached hydrogen (secondary N) is 2. The predicted octanol–water partition coefficient (Wildman–Crippen LogP) is 3.47. The van der Waals surface area contributed by atoms with Gasteiger partial charge in [-0.2, -0.15) is 9.67 Å². The van der Waals surface area contributed by atoms with Crippen LogP contribution in [-0.2, 0) is 0 Å². The summed E-state index contributed by atoms with van der Waals surface area (Å²) in [6.07, 6.45) is 5.53. The summed E-state index contributed by atoms with van der Waals surface area (Å²) in [5, 5.41) is 18.2. The second kappa shape index (κ2) is 8.79. The van der Waals surface area contributed by atoms with Gasteiger partial charge in [-0.15, -0.1) is 5.10 Å². The summed E-state index contributed by atoms with van der Waals surface area (Å²) >= 11 is 0. The van der Waals surface area contributed by atoms with Gasteiger partial charge in [0.25, 0.3) is 0 Å². The number of fused-ring (bicyclic) bond motifs is 1. The third-order valence-corrected chi connectivity index (χ3v) is 6.80. The van der Waals surface area contributed by atoms with Crippen molar-refractivity contribution in [1.82, 2.24) is 35.1 Å². The number of hydrogen-bond acceptors (Lipinski definition) is 9. The van der Waals surface area contributed by atoms with Crippen molar-refractivity contribution in [2.75, 3.05) is 24.3 Å². The summed E-state index contributed by atoms with van der Waals surface area (Å²) in [5.74, 6) is 1.28. The van der Waals surface area contributed by atoms with Gasteiger partial charge in [0.15, 0.2) is 17.5 Å². The molecule has 0 aliphatic carbocycles. The number of benzene rings is 1. The molecule has 0 amide bonds. The number of tetrazole rings is 1. The normalized spacial score (nSPS) is 21.8. The van der Waals surface area contributed by atoms with Crippen LogP contribution in [0.25, 0.3) is 5.69 Å². The molecule has 0 radical (unpaired) electrons. The molecule has 2 saturated heterocycles. The van der Waals surface area contributed by atoms with Gasteiger partial charge in [-0.1, -0.05) is 0 Å². The van der Waals surface area contributed by atoms with Crippen molar-refractivity contribution < 1.29 is 9.13 Å². The smallest absolute Gasteiger partial charge is 0.229 e. The number of halogens is 1. The van der Waals surface area contributed by atoms with Crippen LogP contribution in [0.4, 0.5) is 21.8 Å². The zero-order valence-electron chi connectivity index (χ0n) is 19.9. The molecule has 0 bridgehead atoms. The Balaban J connectivity index is 1.37. The van der Waals surface area contributed by atoms with Crippen LogP contribution < -0.4 is 15.4 Å². The van der Waals surface area contributed by atoms with E-state index in [-0.39, 0.29) is 23.3 Å². The van der Waals surface area contributed by atoms with Gasteiger partial charge in [0.05, 0.1) is 19.0 Å². The number of methoxy groups -OCH3 is 1. The fourth-order valence-corrected chi connectivity index (χ4v) is 5.34. The summed E-state index contributed by atoms with van der Waals surface area (Å²) in [5.41, 5.74) is 1.46. The molecular weight excluding hydrogens is 437 g/mol. The Hall–Kier alpha value is -3.34. The zero-order valence-corrected chi connectivity index (χ0v) is 19.9. The quantitative estimate of drug-likeness (QED) is 0.564. The summed E-state index contributed by atoms with van der Waals surface area (Å²) in [7, 11) is 1.59. The minimum atomic E-state index is -0.465. The van der Waals surface area contributed by atoms with Crippen LogP contribution in [0.2, 0.25) is 0 Å². The summed E-state index contributed by atoms with van der Waals surface area (Å²) in [6.45, 7) is 7.50. The number of hydrogen-bond donors (Lipinski definition) is 2. The van der Waals surface area contributed by atoms with E-state index in [2.05, 4.69) is 54.9 Å². The monoisotopic (exact) mass is 467 g/mol. The molecule has 0 unspecified atom stereocenters. The fraction of sp³-hybridized carbons (Fsp3) is 0.522. The Morgan fingerprint density at radius 3 is 2.85 bits per heavy atom. The van der Waals surface area contributed by atoms with E-state index < -0.39 is 5.82 Å². The third kappa shape index (κ3) is 4.39. The number of anilines is 3. The third-order valence-electron chi connectivity index (χ3n) is 6.80. The fourth-order valence-electron chi connectivity index (χ4n) is 5.34. The number of rotatable bonds is 6. The second-order valence-electron chi connectivity index (χ2n) is 9.66. The molecule has 3 aromatic rings. The van der Waals surface area contributed by atoms with Crippen molar-refractivity contribution >= 4 is 17.5 Å². The maximum atomic E-state index is 14.7. The molecule has 2 N–H and O–H groups in total. The molecule has 1 aromatic carbocycles. The van der Waals surface area contributed by atoms with Gasteiger partial charge in [-0.05, 0) is 69.5 Å². The summed E-state index contributed by atoms with van der Waals surface area (Å²) < 4.78 is 21.7. The summed E-state index contributed by atoms with van der Waals surface area (Å²) in [6, 6.07) is 6.17. The maximum absolute atomic E-state index is 14.7. The lowest BCUT2D eigenvalue weighted by molar-refractivity contribution is 0.0500. The average Bonchev–Trinajstić information content (AvgIpc) is 3.45. The lowest BCUT2D eigenvalue weighted by Crippen LogP contribution is -2.55. The Morgan fingerprint density at radius 1 is 1.24 bits per heavy atom. The molecule has 2 aromatic heterocycles. The molecule has 0 saturated carbocycles. The van der Waals surface area contributed by atoms with Crippen LogP contribution in [0.3, 0.4) is 0 Å². The maximum Gasteiger partial charge on any atom is 0.229 e. The van der Waals surface area contributed by atoms with Crippen LogP contribution >= 0.6 is 0 Å². The number of ether oxygens (including phenoxy) is 1. The van der Waals surface area contributed by atoms with E-state index >= 15 is 0 Å². The number of aromatic nitrogens is 6. The number of piperidine rings is 1. The number of nitrogens with zero attached hydrogens (tertiary/aromatic N) is 7. The van der Waals surface area contributed by atoms with Gasteiger partial charge in [0.1, 0.15) is 5.75 Å². The van der Waals surface area contributed by atoms with E-state index in [9.17, 15) is 4.39 Å². The molecule has 0 spiro atoms. The highest BCUT2D eigenvalue weighted by Crippen LogP contribution is 2.38. The van der Waals surface area contributed by atoms with E-state index in [1.165, 1.54) is 19.0 Å². The van der Waals surface area contributed by atoms with Crippen molar-refractivity contribution in [2.45, 2.75) is 64.1 Å². The molecule has 2 aliphatic rings. The van der Waals surface area contributed by atoms with Crippen molar-refractivity contribution in [2.24, 2.45) is 0 Å². The van der Waals surface area contributed by atoms with Crippen molar-refractivity contribution in [3.63, 3.8) is 0 Å². The highest BCUT2D eigenvalue weighted by atomic mass is 19.1. The molecule has 2 atom stereocenters. The van der Waals surface area contributed by atoms with Gasteiger partial charge in [0.2, 0.25) is 5.95 Å². The minimum absolute atomic E-state index is 0.0764. The second-order valence-corrected chi connectivity index (χ2v) is 9.66. The van der Waals surface area contributed by atoms with Crippen molar-refractivity contribution in [3.8, 4) is 11.4 Å². The SMILES string of the molecule is COc1cc(Nc2ncc(F)c(N[C@@H]3C[C@@H]4CCCN4C(C)(C)C3)n2)cc(-n2nnnc2C)c1. The van der Waals surface area contributed by atoms with E-state index in [1.54, 1.807) is 17.9 Å². The van der Waals surface area contributed by atoms with Crippen molar-refractivity contribution in [3.05, 3.63) is 36.0 Å². The van der Waals surface area contributed by atoms with E-state index in [1.807, 2.05) is 19.1 Å². The first-order chi connectivity index (χ1) is 16.3. The van der Waals surface area contributed by atoms with Gasteiger partial charge >= 0.3 is 0 Å². The molecule has 11 heteroatoms. The van der Waals surface area contributed by atoms with Gasteiger partial charge in [-0.25, -0.2) is 9.37 Å². The van der Waals surface area contributed by atoms with Crippen LogP contribution in [0, 0.1) is 12.7 Å². The molecular formula is C23H30FN9O. The molecule has 2 aliphatic heterocycles. The first kappa shape index (κ1) is 22.5. The predicted molar refractivity (Wildman–Crippen MR) is 126 cm³/mol. The van der Waals surface area contributed by atoms with E-state index in [4.69, 9.17) is 4.74 Å². The lowest BCUT2D eigenvalue weighted by Gasteiger charge is -2.47. The first-order valence-corrected chi connectivity index (χ1v) is 11.6. The largest absolute Gasteiger partial charge is 0.497 e. The molecule has 4 heterocycles. The van der Waals surface area contributed by atoms with Gasteiger partial charge in [0, 0.05) is 35.4 Å². The molecule has 10 nitrogen and oxygen atoms in total. The zero-order chi connectivity index (χ0) is 23.9. The minimum Gasteiger partial charge on any atom is -0.497 e. The lowest BCUT2D eigenvalue weighted by atomic mass is 9.84. The topological polar surface area (TPSA) is 106 Å². The van der Waals surface area contributed by atoms with Gasteiger partial charge in [-0.3, -0.25) is 4.90 Å². The van der Waals surface area contributed by atoms with Crippen molar-refractivity contribution in [1.29, 1.82) is 0 Å². The molecule has 34 heavy (non-hydrogen) atoms. The highest BCUT2D eigenvalue weighted by molar-refractivity contribution is 5.62. The average molecular weight is 468 g/mol. The molecule has 2 fully saturated rings. The van der Waals surface area contributed by atoms with E-state index in [0.29, 0.717) is 23.3 Å². The Morgan fingerprint density at radius 2 is 2.09 bits per heavy atom. The van der Waals surface area contributed by atoms with Crippen LogP contribution in [0.15, 0.2) is 24.4 Å².